The van der Waals surface area contributed by atoms with Gasteiger partial charge in [-0.3, -0.25) is 19.4 Å². The van der Waals surface area contributed by atoms with E-state index < -0.39 is 0 Å². The lowest BCUT2D eigenvalue weighted by Gasteiger charge is -2.17. The van der Waals surface area contributed by atoms with Gasteiger partial charge >= 0.3 is 0 Å². The minimum atomic E-state index is -0.364. The summed E-state index contributed by atoms with van der Waals surface area (Å²) in [5.74, 6) is -0.525. The van der Waals surface area contributed by atoms with E-state index in [1.807, 2.05) is 12.1 Å². The van der Waals surface area contributed by atoms with Crippen LogP contribution >= 0.6 is 12.2 Å². The zero-order valence-corrected chi connectivity index (χ0v) is 13.6. The minimum absolute atomic E-state index is 0.142. The molecule has 0 aliphatic heterocycles. The van der Waals surface area contributed by atoms with Crippen LogP contribution in [-0.4, -0.2) is 37.6 Å². The number of carbonyl (C=O) groups is 1. The van der Waals surface area contributed by atoms with Crippen LogP contribution in [0.3, 0.4) is 0 Å². The van der Waals surface area contributed by atoms with Crippen LogP contribution < -0.4 is 0 Å². The van der Waals surface area contributed by atoms with Crippen LogP contribution in [0.25, 0.3) is 5.69 Å². The topological polar surface area (TPSA) is 66.8 Å². The normalized spacial score (nSPS) is 10.6. The van der Waals surface area contributed by atoms with Gasteiger partial charge in [0.2, 0.25) is 5.82 Å². The number of hydrogen-bond donors (Lipinski definition) is 1. The molecule has 8 heteroatoms. The first-order valence-corrected chi connectivity index (χ1v) is 7.55. The molecule has 1 aromatic carbocycles. The van der Waals surface area contributed by atoms with Gasteiger partial charge in [-0.1, -0.05) is 0 Å². The van der Waals surface area contributed by atoms with Crippen molar-refractivity contribution < 1.29 is 9.18 Å². The highest BCUT2D eigenvalue weighted by Crippen LogP contribution is 2.14. The summed E-state index contributed by atoms with van der Waals surface area (Å²) in [5.41, 5.74) is 1.51. The summed E-state index contributed by atoms with van der Waals surface area (Å²) in [6.45, 7) is 0.407. The van der Waals surface area contributed by atoms with Crippen LogP contribution in [0.4, 0.5) is 4.39 Å². The van der Waals surface area contributed by atoms with Gasteiger partial charge in [0.1, 0.15) is 5.82 Å². The third kappa shape index (κ3) is 3.23. The largest absolute Gasteiger partial charge is 0.335 e. The third-order valence-electron chi connectivity index (χ3n) is 3.46. The van der Waals surface area contributed by atoms with Gasteiger partial charge in [-0.05, 0) is 54.2 Å². The molecule has 0 saturated carbocycles. The number of hydrogen-bond acceptors (Lipinski definition) is 4. The van der Waals surface area contributed by atoms with E-state index >= 15 is 0 Å². The number of nitrogens with zero attached hydrogens (tertiary/aromatic N) is 4. The van der Waals surface area contributed by atoms with Crippen LogP contribution in [0.15, 0.2) is 48.8 Å². The Bertz CT molecular complexity index is 904. The summed E-state index contributed by atoms with van der Waals surface area (Å²) in [6.07, 6.45) is 3.34. The van der Waals surface area contributed by atoms with E-state index in [2.05, 4.69) is 15.2 Å². The van der Waals surface area contributed by atoms with Crippen LogP contribution in [0.5, 0.6) is 0 Å². The standard InChI is InChI=1S/C16H14FN5OS/c1-21(10-11-6-8-18-9-7-11)15(23)14-19-20-16(24)22(14)13-4-2-12(17)3-5-13/h2-9H,10H2,1H3,(H,20,24). The Kier molecular flexibility index (Phi) is 4.48. The summed E-state index contributed by atoms with van der Waals surface area (Å²) in [5, 5.41) is 6.64. The van der Waals surface area contributed by atoms with E-state index in [1.165, 1.54) is 21.6 Å². The summed E-state index contributed by atoms with van der Waals surface area (Å²) in [6, 6.07) is 9.36. The molecular weight excluding hydrogens is 329 g/mol. The zero-order valence-electron chi connectivity index (χ0n) is 12.8. The Morgan fingerprint density at radius 2 is 1.92 bits per heavy atom. The molecule has 6 nitrogen and oxygen atoms in total. The van der Waals surface area contributed by atoms with Crippen molar-refractivity contribution in [3.05, 3.63) is 70.8 Å². The molecule has 0 radical (unpaired) electrons. The SMILES string of the molecule is CN(Cc1ccncc1)C(=O)c1n[nH]c(=S)n1-c1ccc(F)cc1. The highest BCUT2D eigenvalue weighted by atomic mass is 32.1. The van der Waals surface area contributed by atoms with E-state index in [9.17, 15) is 9.18 Å². The second-order valence-electron chi connectivity index (χ2n) is 5.18. The van der Waals surface area contributed by atoms with Crippen molar-refractivity contribution in [2.45, 2.75) is 6.54 Å². The van der Waals surface area contributed by atoms with Gasteiger partial charge in [-0.2, -0.15) is 0 Å². The first-order valence-electron chi connectivity index (χ1n) is 7.14. The van der Waals surface area contributed by atoms with Gasteiger partial charge in [0, 0.05) is 26.0 Å². The maximum atomic E-state index is 13.1. The number of H-pyrrole nitrogens is 1. The van der Waals surface area contributed by atoms with E-state index in [0.29, 0.717) is 12.2 Å². The van der Waals surface area contributed by atoms with Gasteiger partial charge in [-0.25, -0.2) is 4.39 Å². The molecule has 0 bridgehead atoms. The summed E-state index contributed by atoms with van der Waals surface area (Å²) in [4.78, 5) is 18.2. The minimum Gasteiger partial charge on any atom is -0.335 e. The molecule has 122 valence electrons. The fourth-order valence-electron chi connectivity index (χ4n) is 2.27. The highest BCUT2D eigenvalue weighted by Gasteiger charge is 2.20. The second-order valence-corrected chi connectivity index (χ2v) is 5.57. The van der Waals surface area contributed by atoms with Crippen LogP contribution in [-0.2, 0) is 6.54 Å². The number of pyridine rings is 1. The number of aromatic amines is 1. The third-order valence-corrected chi connectivity index (χ3v) is 3.74. The van der Waals surface area contributed by atoms with Gasteiger partial charge in [0.15, 0.2) is 4.77 Å². The van der Waals surface area contributed by atoms with Crippen molar-refractivity contribution in [1.82, 2.24) is 24.6 Å². The molecule has 0 atom stereocenters. The molecule has 0 fully saturated rings. The Labute approximate surface area is 142 Å². The van der Waals surface area contributed by atoms with Crippen molar-refractivity contribution in [2.75, 3.05) is 7.05 Å². The Balaban J connectivity index is 1.91. The van der Waals surface area contributed by atoms with E-state index in [0.717, 1.165) is 5.56 Å². The van der Waals surface area contributed by atoms with Crippen molar-refractivity contribution in [3.8, 4) is 5.69 Å². The average molecular weight is 343 g/mol. The molecule has 1 N–H and O–H groups in total. The summed E-state index contributed by atoms with van der Waals surface area (Å²) in [7, 11) is 1.68. The molecule has 24 heavy (non-hydrogen) atoms. The van der Waals surface area contributed by atoms with E-state index in [4.69, 9.17) is 12.2 Å². The molecule has 1 amide bonds. The van der Waals surface area contributed by atoms with Crippen LogP contribution in [0.1, 0.15) is 16.2 Å². The van der Waals surface area contributed by atoms with Gasteiger partial charge in [0.05, 0.1) is 5.69 Å². The first-order chi connectivity index (χ1) is 11.6. The lowest BCUT2D eigenvalue weighted by atomic mass is 10.2. The average Bonchev–Trinajstić information content (AvgIpc) is 2.97. The molecule has 3 aromatic rings. The molecule has 0 unspecified atom stereocenters. The molecule has 2 aromatic heterocycles. The second kappa shape index (κ2) is 6.71. The fourth-order valence-corrected chi connectivity index (χ4v) is 2.51. The smallest absolute Gasteiger partial charge is 0.292 e. The van der Waals surface area contributed by atoms with Crippen LogP contribution in [0, 0.1) is 10.6 Å². The number of nitrogens with one attached hydrogen (secondary N) is 1. The maximum Gasteiger partial charge on any atom is 0.292 e. The van der Waals surface area contributed by atoms with E-state index in [1.54, 1.807) is 31.6 Å². The quantitative estimate of drug-likeness (QED) is 0.740. The molecule has 0 saturated heterocycles. The zero-order chi connectivity index (χ0) is 17.1. The number of benzene rings is 1. The molecule has 0 aliphatic rings. The predicted octanol–water partition coefficient (Wildman–Crippen LogP) is 2.74. The summed E-state index contributed by atoms with van der Waals surface area (Å²) >= 11 is 5.20. The van der Waals surface area contributed by atoms with Crippen molar-refractivity contribution >= 4 is 18.1 Å². The number of amides is 1. The lowest BCUT2D eigenvalue weighted by Crippen LogP contribution is -2.28. The molecule has 3 rings (SSSR count). The van der Waals surface area contributed by atoms with Crippen molar-refractivity contribution in [2.24, 2.45) is 0 Å². The van der Waals surface area contributed by atoms with E-state index in [-0.39, 0.29) is 22.3 Å². The van der Waals surface area contributed by atoms with Crippen molar-refractivity contribution in [1.29, 1.82) is 0 Å². The number of carbonyl (C=O) groups excluding carboxylic acids is 1. The van der Waals surface area contributed by atoms with Gasteiger partial charge < -0.3 is 4.90 Å². The number of halogens is 1. The maximum absolute atomic E-state index is 13.1. The van der Waals surface area contributed by atoms with Gasteiger partial charge in [-0.15, -0.1) is 5.10 Å². The molecular formula is C16H14FN5OS. The Hall–Kier alpha value is -2.87. The number of aromatic nitrogens is 4. The molecule has 0 aliphatic carbocycles. The lowest BCUT2D eigenvalue weighted by molar-refractivity contribution is 0.0770. The number of rotatable bonds is 4. The van der Waals surface area contributed by atoms with Gasteiger partial charge in [0.25, 0.3) is 5.91 Å². The Morgan fingerprint density at radius 3 is 2.58 bits per heavy atom. The predicted molar refractivity (Wildman–Crippen MR) is 88.7 cm³/mol. The molecule has 2 heterocycles. The van der Waals surface area contributed by atoms with Crippen LogP contribution in [0.2, 0.25) is 0 Å². The molecule has 0 spiro atoms. The highest BCUT2D eigenvalue weighted by molar-refractivity contribution is 7.71. The fraction of sp³-hybridized carbons (Fsp3) is 0.125. The monoisotopic (exact) mass is 343 g/mol. The van der Waals surface area contributed by atoms with Crippen molar-refractivity contribution in [3.63, 3.8) is 0 Å². The summed E-state index contributed by atoms with van der Waals surface area (Å²) < 4.78 is 14.9. The first kappa shape index (κ1) is 16.0. The Morgan fingerprint density at radius 1 is 1.25 bits per heavy atom.